The second-order valence-corrected chi connectivity index (χ2v) is 7.18. The maximum atomic E-state index is 12.0. The van der Waals surface area contributed by atoms with Crippen molar-refractivity contribution in [2.75, 3.05) is 20.3 Å². The molecular weight excluding hydrogens is 386 g/mol. The van der Waals surface area contributed by atoms with Gasteiger partial charge in [-0.3, -0.25) is 0 Å². The Labute approximate surface area is 124 Å². The summed E-state index contributed by atoms with van der Waals surface area (Å²) in [6.07, 6.45) is 1.59. The third-order valence-electron chi connectivity index (χ3n) is 2.25. The average Bonchev–Trinajstić information content (AvgIpc) is 2.28. The smallest absolute Gasteiger partial charge is 0.241 e. The minimum absolute atomic E-state index is 0.248. The van der Waals surface area contributed by atoms with Crippen molar-refractivity contribution in [3.8, 4) is 0 Å². The van der Waals surface area contributed by atoms with Gasteiger partial charge >= 0.3 is 0 Å². The summed E-state index contributed by atoms with van der Waals surface area (Å²) in [5.74, 6) is 0. The number of sulfonamides is 1. The summed E-state index contributed by atoms with van der Waals surface area (Å²) in [4.78, 5) is 0.248. The van der Waals surface area contributed by atoms with E-state index < -0.39 is 10.0 Å². The van der Waals surface area contributed by atoms with Gasteiger partial charge in [-0.2, -0.15) is 0 Å². The Morgan fingerprint density at radius 2 is 2.00 bits per heavy atom. The molecule has 0 aliphatic heterocycles. The van der Waals surface area contributed by atoms with Gasteiger partial charge in [0.2, 0.25) is 10.0 Å². The van der Waals surface area contributed by atoms with E-state index in [2.05, 4.69) is 36.6 Å². The lowest BCUT2D eigenvalue weighted by atomic mass is 10.3. The van der Waals surface area contributed by atoms with Crippen molar-refractivity contribution in [1.29, 1.82) is 0 Å². The molecular formula is C11H15Br2NO3S. The first kappa shape index (κ1) is 16.1. The van der Waals surface area contributed by atoms with Gasteiger partial charge in [0.05, 0.1) is 4.90 Å². The zero-order valence-corrected chi connectivity index (χ0v) is 13.9. The largest absolute Gasteiger partial charge is 0.385 e. The van der Waals surface area contributed by atoms with Crippen LogP contribution in [0.2, 0.25) is 0 Å². The van der Waals surface area contributed by atoms with E-state index in [0.29, 0.717) is 17.6 Å². The average molecular weight is 401 g/mol. The number of nitrogens with one attached hydrogen (secondary N) is 1. The second-order valence-electron chi connectivity index (χ2n) is 3.67. The van der Waals surface area contributed by atoms with Gasteiger partial charge in [0.1, 0.15) is 0 Å². The highest BCUT2D eigenvalue weighted by molar-refractivity contribution is 9.11. The lowest BCUT2D eigenvalue weighted by Crippen LogP contribution is -2.25. The van der Waals surface area contributed by atoms with Crippen LogP contribution in [-0.4, -0.2) is 28.7 Å². The molecule has 0 fully saturated rings. The van der Waals surface area contributed by atoms with E-state index in [1.54, 1.807) is 25.3 Å². The van der Waals surface area contributed by atoms with Crippen LogP contribution in [-0.2, 0) is 14.8 Å². The van der Waals surface area contributed by atoms with Gasteiger partial charge in [0.15, 0.2) is 0 Å². The Bertz CT molecular complexity index is 491. The van der Waals surface area contributed by atoms with Crippen LogP contribution in [0.5, 0.6) is 0 Å². The second kappa shape index (κ2) is 7.59. The van der Waals surface area contributed by atoms with Crippen LogP contribution in [0.1, 0.15) is 12.8 Å². The Morgan fingerprint density at radius 1 is 1.28 bits per heavy atom. The molecule has 0 aliphatic carbocycles. The molecule has 0 spiro atoms. The molecule has 1 aromatic rings. The van der Waals surface area contributed by atoms with E-state index in [1.807, 2.05) is 0 Å². The molecule has 0 aliphatic rings. The van der Waals surface area contributed by atoms with Crippen molar-refractivity contribution in [2.24, 2.45) is 0 Å². The number of rotatable bonds is 7. The minimum atomic E-state index is -3.45. The van der Waals surface area contributed by atoms with Crippen molar-refractivity contribution < 1.29 is 13.2 Å². The van der Waals surface area contributed by atoms with Crippen molar-refractivity contribution in [2.45, 2.75) is 17.7 Å². The molecule has 0 heterocycles. The predicted octanol–water partition coefficient (Wildman–Crippen LogP) is 2.92. The van der Waals surface area contributed by atoms with E-state index in [-0.39, 0.29) is 4.90 Å². The molecule has 0 unspecified atom stereocenters. The Morgan fingerprint density at radius 3 is 2.61 bits per heavy atom. The van der Waals surface area contributed by atoms with Gasteiger partial charge in [0.25, 0.3) is 0 Å². The SMILES string of the molecule is COCCCCNS(=O)(=O)c1ccc(Br)cc1Br. The molecule has 0 saturated heterocycles. The van der Waals surface area contributed by atoms with Crippen LogP contribution in [0.15, 0.2) is 32.0 Å². The van der Waals surface area contributed by atoms with Gasteiger partial charge < -0.3 is 4.74 Å². The van der Waals surface area contributed by atoms with Gasteiger partial charge in [-0.1, -0.05) is 15.9 Å². The molecule has 7 heteroatoms. The van der Waals surface area contributed by atoms with Gasteiger partial charge in [0, 0.05) is 29.2 Å². The van der Waals surface area contributed by atoms with Crippen LogP contribution in [0.3, 0.4) is 0 Å². The monoisotopic (exact) mass is 399 g/mol. The normalized spacial score (nSPS) is 11.7. The molecule has 1 rings (SSSR count). The summed E-state index contributed by atoms with van der Waals surface area (Å²) in [7, 11) is -1.83. The van der Waals surface area contributed by atoms with Crippen LogP contribution < -0.4 is 4.72 Å². The van der Waals surface area contributed by atoms with Gasteiger partial charge in [-0.25, -0.2) is 13.1 Å². The molecule has 0 saturated carbocycles. The number of unbranched alkanes of at least 4 members (excludes halogenated alkanes) is 1. The maximum absolute atomic E-state index is 12.0. The third kappa shape index (κ3) is 4.97. The molecule has 1 aromatic carbocycles. The molecule has 0 radical (unpaired) electrons. The van der Waals surface area contributed by atoms with Crippen molar-refractivity contribution in [3.05, 3.63) is 27.1 Å². The first-order valence-corrected chi connectivity index (χ1v) is 8.48. The summed E-state index contributed by atoms with van der Waals surface area (Å²) in [5.41, 5.74) is 0. The molecule has 102 valence electrons. The molecule has 0 bridgehead atoms. The lowest BCUT2D eigenvalue weighted by molar-refractivity contribution is 0.193. The molecule has 0 atom stereocenters. The fourth-order valence-electron chi connectivity index (χ4n) is 1.35. The Kier molecular flexibility index (Phi) is 6.79. The number of benzene rings is 1. The number of hydrogen-bond acceptors (Lipinski definition) is 3. The van der Waals surface area contributed by atoms with Crippen molar-refractivity contribution in [1.82, 2.24) is 4.72 Å². The van der Waals surface area contributed by atoms with E-state index in [1.165, 1.54) is 0 Å². The predicted molar refractivity (Wildman–Crippen MR) is 78.1 cm³/mol. The summed E-state index contributed by atoms with van der Waals surface area (Å²) in [5, 5.41) is 0. The summed E-state index contributed by atoms with van der Waals surface area (Å²) >= 11 is 6.53. The first-order valence-electron chi connectivity index (χ1n) is 5.41. The standard InChI is InChI=1S/C11H15Br2NO3S/c1-17-7-3-2-6-14-18(15,16)11-5-4-9(12)8-10(11)13/h4-5,8,14H,2-3,6-7H2,1H3. The third-order valence-corrected chi connectivity index (χ3v) is 5.18. The van der Waals surface area contributed by atoms with Crippen LogP contribution in [0.4, 0.5) is 0 Å². The quantitative estimate of drug-likeness (QED) is 0.716. The van der Waals surface area contributed by atoms with Crippen LogP contribution >= 0.6 is 31.9 Å². The zero-order valence-electron chi connectivity index (χ0n) is 9.95. The van der Waals surface area contributed by atoms with Crippen molar-refractivity contribution >= 4 is 41.9 Å². The summed E-state index contributed by atoms with van der Waals surface area (Å²) in [6.45, 7) is 1.05. The molecule has 4 nitrogen and oxygen atoms in total. The van der Waals surface area contributed by atoms with Gasteiger partial charge in [-0.05, 0) is 47.0 Å². The fraction of sp³-hybridized carbons (Fsp3) is 0.455. The molecule has 1 N–H and O–H groups in total. The van der Waals surface area contributed by atoms with E-state index in [9.17, 15) is 8.42 Å². The summed E-state index contributed by atoms with van der Waals surface area (Å²) < 4.78 is 32.9. The number of hydrogen-bond donors (Lipinski definition) is 1. The van der Waals surface area contributed by atoms with E-state index in [4.69, 9.17) is 4.74 Å². The maximum Gasteiger partial charge on any atom is 0.241 e. The van der Waals surface area contributed by atoms with E-state index in [0.717, 1.165) is 17.3 Å². The first-order chi connectivity index (χ1) is 8.47. The zero-order chi connectivity index (χ0) is 13.6. The van der Waals surface area contributed by atoms with Crippen LogP contribution in [0.25, 0.3) is 0 Å². The highest BCUT2D eigenvalue weighted by atomic mass is 79.9. The topological polar surface area (TPSA) is 55.4 Å². The van der Waals surface area contributed by atoms with Crippen LogP contribution in [0, 0.1) is 0 Å². The Hall–Kier alpha value is 0.0500. The molecule has 18 heavy (non-hydrogen) atoms. The molecule has 0 amide bonds. The number of halogens is 2. The summed E-state index contributed by atoms with van der Waals surface area (Å²) in [6, 6.07) is 4.97. The minimum Gasteiger partial charge on any atom is -0.385 e. The van der Waals surface area contributed by atoms with Crippen molar-refractivity contribution in [3.63, 3.8) is 0 Å². The highest BCUT2D eigenvalue weighted by Gasteiger charge is 2.16. The van der Waals surface area contributed by atoms with E-state index >= 15 is 0 Å². The Balaban J connectivity index is 2.63. The number of ether oxygens (including phenoxy) is 1. The number of methoxy groups -OCH3 is 1. The lowest BCUT2D eigenvalue weighted by Gasteiger charge is -2.08. The fourth-order valence-corrected chi connectivity index (χ4v) is 4.17. The highest BCUT2D eigenvalue weighted by Crippen LogP contribution is 2.25. The van der Waals surface area contributed by atoms with Gasteiger partial charge in [-0.15, -0.1) is 0 Å². The molecule has 0 aromatic heterocycles.